The molecule has 1 rings (SSSR count). The van der Waals surface area contributed by atoms with Crippen molar-refractivity contribution >= 4 is 5.97 Å². The van der Waals surface area contributed by atoms with Crippen LogP contribution >= 0.6 is 0 Å². The van der Waals surface area contributed by atoms with Crippen LogP contribution in [0.1, 0.15) is 33.7 Å². The van der Waals surface area contributed by atoms with Crippen molar-refractivity contribution < 1.29 is 31.9 Å². The molecule has 0 spiro atoms. The lowest BCUT2D eigenvalue weighted by Crippen LogP contribution is -2.16. The first-order valence-corrected chi connectivity index (χ1v) is 4.22. The van der Waals surface area contributed by atoms with Crippen LogP contribution in [0.4, 0.5) is 22.0 Å². The molecule has 1 heterocycles. The van der Waals surface area contributed by atoms with Gasteiger partial charge in [-0.15, -0.1) is 0 Å². The fraction of sp³-hybridized carbons (Fsp3) is 0.222. The van der Waals surface area contributed by atoms with Crippen molar-refractivity contribution in [3.05, 3.63) is 28.6 Å². The normalized spacial score (nSPS) is 11.4. The SMILES string of the molecule is N#Cc1cc(C(=O)O)c(C(F)F)nc1C(F)(F)F. The van der Waals surface area contributed by atoms with Crippen molar-refractivity contribution in [3.63, 3.8) is 0 Å². The summed E-state index contributed by atoms with van der Waals surface area (Å²) in [6.45, 7) is 0. The molecule has 0 amide bonds. The lowest BCUT2D eigenvalue weighted by atomic mass is 10.1. The summed E-state index contributed by atoms with van der Waals surface area (Å²) in [6, 6.07) is 1.31. The van der Waals surface area contributed by atoms with E-state index in [-0.39, 0.29) is 6.07 Å². The van der Waals surface area contributed by atoms with E-state index in [9.17, 15) is 26.7 Å². The molecule has 0 bridgehead atoms. The standard InChI is InChI=1S/C9H3F5N2O2/c10-7(11)5-4(8(17)18)1-3(2-15)6(16-5)9(12,13)14/h1,7H,(H,17,18). The minimum Gasteiger partial charge on any atom is -0.478 e. The molecule has 0 aliphatic carbocycles. The third-order valence-electron chi connectivity index (χ3n) is 1.88. The Balaban J connectivity index is 3.64. The first-order chi connectivity index (χ1) is 8.18. The topological polar surface area (TPSA) is 74.0 Å². The molecular formula is C9H3F5N2O2. The number of nitriles is 1. The van der Waals surface area contributed by atoms with Crippen LogP contribution in [-0.2, 0) is 6.18 Å². The van der Waals surface area contributed by atoms with E-state index in [0.717, 1.165) is 6.07 Å². The summed E-state index contributed by atoms with van der Waals surface area (Å²) in [4.78, 5) is 13.1. The number of halogens is 5. The molecule has 4 nitrogen and oxygen atoms in total. The van der Waals surface area contributed by atoms with Gasteiger partial charge in [-0.3, -0.25) is 0 Å². The van der Waals surface area contributed by atoms with Gasteiger partial charge in [0.2, 0.25) is 0 Å². The number of hydrogen-bond acceptors (Lipinski definition) is 3. The van der Waals surface area contributed by atoms with Crippen LogP contribution < -0.4 is 0 Å². The number of carbonyl (C=O) groups is 1. The molecule has 0 radical (unpaired) electrons. The second-order valence-electron chi connectivity index (χ2n) is 3.03. The van der Waals surface area contributed by atoms with Crippen molar-refractivity contribution in [2.24, 2.45) is 0 Å². The van der Waals surface area contributed by atoms with Gasteiger partial charge >= 0.3 is 12.1 Å². The molecule has 0 aliphatic heterocycles. The zero-order valence-corrected chi connectivity index (χ0v) is 8.29. The average Bonchev–Trinajstić information content (AvgIpc) is 2.25. The molecule has 0 unspecified atom stereocenters. The van der Waals surface area contributed by atoms with Crippen LogP contribution in [0.5, 0.6) is 0 Å². The highest BCUT2D eigenvalue weighted by molar-refractivity contribution is 5.89. The highest BCUT2D eigenvalue weighted by Crippen LogP contribution is 2.33. The summed E-state index contributed by atoms with van der Waals surface area (Å²) in [7, 11) is 0. The Morgan fingerprint density at radius 2 is 2.00 bits per heavy atom. The molecule has 0 atom stereocenters. The Labute approximate surface area is 96.3 Å². The molecule has 0 aliphatic rings. The van der Waals surface area contributed by atoms with Gasteiger partial charge in [0.25, 0.3) is 6.43 Å². The van der Waals surface area contributed by atoms with E-state index in [1.54, 1.807) is 0 Å². The summed E-state index contributed by atoms with van der Waals surface area (Å²) in [5, 5.41) is 17.0. The molecule has 96 valence electrons. The van der Waals surface area contributed by atoms with Gasteiger partial charge in [0.05, 0.1) is 11.1 Å². The van der Waals surface area contributed by atoms with Crippen LogP contribution in [0.2, 0.25) is 0 Å². The van der Waals surface area contributed by atoms with Gasteiger partial charge in [-0.05, 0) is 6.07 Å². The van der Waals surface area contributed by atoms with Crippen molar-refractivity contribution in [1.82, 2.24) is 4.98 Å². The first kappa shape index (κ1) is 13.8. The van der Waals surface area contributed by atoms with Crippen molar-refractivity contribution in [2.75, 3.05) is 0 Å². The Bertz CT molecular complexity index is 533. The predicted octanol–water partition coefficient (Wildman–Crippen LogP) is 2.61. The third kappa shape index (κ3) is 2.53. The van der Waals surface area contributed by atoms with Gasteiger partial charge in [-0.25, -0.2) is 18.6 Å². The van der Waals surface area contributed by atoms with Gasteiger partial charge in [0.1, 0.15) is 11.8 Å². The van der Waals surface area contributed by atoms with Crippen LogP contribution in [-0.4, -0.2) is 16.1 Å². The number of pyridine rings is 1. The van der Waals surface area contributed by atoms with Crippen LogP contribution in [0.3, 0.4) is 0 Å². The minimum atomic E-state index is -5.12. The molecule has 0 fully saturated rings. The highest BCUT2D eigenvalue weighted by atomic mass is 19.4. The lowest BCUT2D eigenvalue weighted by molar-refractivity contribution is -0.141. The largest absolute Gasteiger partial charge is 0.478 e. The number of alkyl halides is 5. The maximum absolute atomic E-state index is 12.4. The van der Waals surface area contributed by atoms with Gasteiger partial charge < -0.3 is 5.11 Å². The summed E-state index contributed by atoms with van der Waals surface area (Å²) < 4.78 is 62.0. The molecule has 0 aromatic carbocycles. The van der Waals surface area contributed by atoms with E-state index in [1.807, 2.05) is 0 Å². The Morgan fingerprint density at radius 1 is 1.44 bits per heavy atom. The van der Waals surface area contributed by atoms with Crippen molar-refractivity contribution in [3.8, 4) is 6.07 Å². The first-order valence-electron chi connectivity index (χ1n) is 4.22. The van der Waals surface area contributed by atoms with E-state index < -0.39 is 41.1 Å². The number of aromatic carboxylic acids is 1. The monoisotopic (exact) mass is 266 g/mol. The predicted molar refractivity (Wildman–Crippen MR) is 45.9 cm³/mol. The number of carboxylic acid groups (broad SMARTS) is 1. The lowest BCUT2D eigenvalue weighted by Gasteiger charge is -2.11. The molecule has 1 aromatic rings. The quantitative estimate of drug-likeness (QED) is 0.835. The smallest absolute Gasteiger partial charge is 0.434 e. The number of nitrogens with zero attached hydrogens (tertiary/aromatic N) is 2. The second-order valence-corrected chi connectivity index (χ2v) is 3.03. The van der Waals surface area contributed by atoms with E-state index in [0.29, 0.717) is 0 Å². The van der Waals surface area contributed by atoms with Gasteiger partial charge in [-0.1, -0.05) is 0 Å². The third-order valence-corrected chi connectivity index (χ3v) is 1.88. The van der Waals surface area contributed by atoms with Crippen molar-refractivity contribution in [1.29, 1.82) is 5.26 Å². The number of carboxylic acids is 1. The van der Waals surface area contributed by atoms with Crippen LogP contribution in [0, 0.1) is 11.3 Å². The Kier molecular flexibility index (Phi) is 3.50. The molecule has 1 aromatic heterocycles. The average molecular weight is 266 g/mol. The summed E-state index contributed by atoms with van der Waals surface area (Å²) >= 11 is 0. The van der Waals surface area contributed by atoms with E-state index in [1.165, 1.54) is 0 Å². The summed E-state index contributed by atoms with van der Waals surface area (Å²) in [5.41, 5.74) is -5.60. The maximum Gasteiger partial charge on any atom is 0.434 e. The van der Waals surface area contributed by atoms with E-state index in [4.69, 9.17) is 10.4 Å². The Morgan fingerprint density at radius 3 is 2.33 bits per heavy atom. The summed E-state index contributed by atoms with van der Waals surface area (Å²) in [5.74, 6) is -1.89. The second kappa shape index (κ2) is 4.56. The molecular weight excluding hydrogens is 263 g/mol. The zero-order valence-electron chi connectivity index (χ0n) is 8.29. The summed E-state index contributed by atoms with van der Waals surface area (Å²) in [6.07, 6.45) is -8.61. The molecule has 0 saturated heterocycles. The maximum atomic E-state index is 12.4. The molecule has 9 heteroatoms. The fourth-order valence-electron chi connectivity index (χ4n) is 1.17. The fourth-order valence-corrected chi connectivity index (χ4v) is 1.17. The minimum absolute atomic E-state index is 0.236. The zero-order chi connectivity index (χ0) is 14.1. The van der Waals surface area contributed by atoms with E-state index >= 15 is 0 Å². The van der Waals surface area contributed by atoms with Gasteiger partial charge in [0.15, 0.2) is 5.69 Å². The highest BCUT2D eigenvalue weighted by Gasteiger charge is 2.38. The van der Waals surface area contributed by atoms with Gasteiger partial charge in [-0.2, -0.15) is 18.4 Å². The number of aromatic nitrogens is 1. The molecule has 18 heavy (non-hydrogen) atoms. The molecule has 0 saturated carbocycles. The number of rotatable bonds is 2. The molecule has 1 N–H and O–H groups in total. The van der Waals surface area contributed by atoms with Crippen LogP contribution in [0.25, 0.3) is 0 Å². The van der Waals surface area contributed by atoms with Crippen LogP contribution in [0.15, 0.2) is 6.07 Å². The Hall–Kier alpha value is -2.24. The van der Waals surface area contributed by atoms with Gasteiger partial charge in [0, 0.05) is 0 Å². The van der Waals surface area contributed by atoms with E-state index in [2.05, 4.69) is 4.98 Å². The van der Waals surface area contributed by atoms with Crippen molar-refractivity contribution in [2.45, 2.75) is 12.6 Å². The number of hydrogen-bond donors (Lipinski definition) is 1.